The van der Waals surface area contributed by atoms with E-state index in [-0.39, 0.29) is 75.2 Å². The fourth-order valence-electron chi connectivity index (χ4n) is 12.1. The maximum Gasteiger partial charge on any atom is 0.410 e. The number of halogens is 4. The minimum atomic E-state index is -3.06. The number of hydrogen-bond acceptors (Lipinski definition) is 9. The second kappa shape index (κ2) is 16.4. The molecule has 4 saturated heterocycles. The number of rotatable bonds is 8. The van der Waals surface area contributed by atoms with Gasteiger partial charge in [-0.2, -0.15) is 9.97 Å². The summed E-state index contributed by atoms with van der Waals surface area (Å²) in [4.78, 5) is 33.9. The number of hydrogen-bond donors (Lipinski definition) is 0. The molecule has 0 N–H and O–H groups in total. The van der Waals surface area contributed by atoms with Gasteiger partial charge in [0.05, 0.1) is 29.2 Å². The molecular weight excluding hydrogens is 853 g/mol. The Balaban J connectivity index is 1.26. The number of piperazine rings is 1. The average molecular weight is 913 g/mol. The summed E-state index contributed by atoms with van der Waals surface area (Å²) in [5.41, 5.74) is 4.03. The maximum atomic E-state index is 18.0. The van der Waals surface area contributed by atoms with Crippen LogP contribution < -0.4 is 14.4 Å². The Morgan fingerprint density at radius 3 is 2.43 bits per heavy atom. The number of aromatic nitrogens is 3. The largest absolute Gasteiger partial charge is 0.465 e. The maximum absolute atomic E-state index is 18.0. The molecule has 7 heterocycles. The van der Waals surface area contributed by atoms with Gasteiger partial charge >= 0.3 is 12.1 Å². The van der Waals surface area contributed by atoms with E-state index in [0.717, 1.165) is 37.9 Å². The van der Waals surface area contributed by atoms with Gasteiger partial charge in [-0.3, -0.25) is 9.80 Å². The van der Waals surface area contributed by atoms with E-state index in [1.807, 2.05) is 0 Å². The van der Waals surface area contributed by atoms with Gasteiger partial charge in [0, 0.05) is 24.0 Å². The van der Waals surface area contributed by atoms with Gasteiger partial charge in [0.25, 0.3) is 6.43 Å². The molecule has 0 spiro atoms. The number of nitrogens with zero attached hydrogens (tertiary/aromatic N) is 6. The Morgan fingerprint density at radius 1 is 1.00 bits per heavy atom. The van der Waals surface area contributed by atoms with E-state index in [2.05, 4.69) is 64.5 Å². The van der Waals surface area contributed by atoms with Crippen molar-refractivity contribution in [3.63, 3.8) is 0 Å². The summed E-state index contributed by atoms with van der Waals surface area (Å²) in [5.74, 6) is 1.68. The lowest BCUT2D eigenvalue weighted by atomic mass is 9.91. The molecule has 1 amide bonds. The van der Waals surface area contributed by atoms with E-state index >= 15 is 17.6 Å². The van der Waals surface area contributed by atoms with Crippen LogP contribution in [0.2, 0.25) is 16.6 Å². The van der Waals surface area contributed by atoms with Crippen LogP contribution in [0.15, 0.2) is 42.5 Å². The molecule has 65 heavy (non-hydrogen) atoms. The van der Waals surface area contributed by atoms with Crippen LogP contribution in [0.3, 0.4) is 0 Å². The fourth-order valence-corrected chi connectivity index (χ4v) is 17.3. The van der Waals surface area contributed by atoms with Gasteiger partial charge in [-0.05, 0) is 87.5 Å². The SMILES string of the molecule is C=C1CCN2CCC[C@]12COc1nc2c3c(nc(-c4cccc5ccc(F)c(C#C[Si](C(C)C)(C(C)C)C(C)C)c45)c(F)c3n1)O[C@@H](C(F)F)[C@@H]1[C@@H]3CC[C@H](CN21)N3C(=O)OC(C)(C)C. The summed E-state index contributed by atoms with van der Waals surface area (Å²) >= 11 is 0. The van der Waals surface area contributed by atoms with Gasteiger partial charge in [-0.15, -0.1) is 5.54 Å². The molecule has 0 radical (unpaired) electrons. The predicted molar refractivity (Wildman–Crippen MR) is 247 cm³/mol. The molecule has 15 heteroatoms. The fraction of sp³-hybridized carbons (Fsp3) is 0.560. The van der Waals surface area contributed by atoms with Gasteiger partial charge in [0.1, 0.15) is 48.5 Å². The lowest BCUT2D eigenvalue weighted by Gasteiger charge is -2.48. The van der Waals surface area contributed by atoms with Crippen LogP contribution in [-0.4, -0.2) is 107 Å². The highest BCUT2D eigenvalue weighted by molar-refractivity contribution is 6.90. The van der Waals surface area contributed by atoms with E-state index in [0.29, 0.717) is 23.6 Å². The normalized spacial score (nSPS) is 24.2. The van der Waals surface area contributed by atoms with Gasteiger partial charge in [0.2, 0.25) is 5.88 Å². The number of pyridine rings is 1. The Kier molecular flexibility index (Phi) is 11.4. The molecule has 2 aromatic carbocycles. The third-order valence-corrected chi connectivity index (χ3v) is 21.3. The number of carbonyl (C=O) groups excluding carboxylic acids is 1. The Labute approximate surface area is 380 Å². The van der Waals surface area contributed by atoms with Crippen LogP contribution in [0.4, 0.5) is 28.2 Å². The number of fused-ring (bicyclic) bond motifs is 7. The number of anilines is 1. The third-order valence-electron chi connectivity index (χ3n) is 15.1. The van der Waals surface area contributed by atoms with Gasteiger partial charge < -0.3 is 19.1 Å². The highest BCUT2D eigenvalue weighted by atomic mass is 28.3. The molecule has 4 aromatic rings. The van der Waals surface area contributed by atoms with Crippen molar-refractivity contribution >= 4 is 41.7 Å². The van der Waals surface area contributed by atoms with E-state index in [1.165, 1.54) is 6.07 Å². The van der Waals surface area contributed by atoms with Crippen molar-refractivity contribution < 1.29 is 36.6 Å². The lowest BCUT2D eigenvalue weighted by molar-refractivity contribution is -0.0371. The molecule has 346 valence electrons. The zero-order valence-corrected chi connectivity index (χ0v) is 39.9. The predicted octanol–water partition coefficient (Wildman–Crippen LogP) is 10.8. The first kappa shape index (κ1) is 45.2. The van der Waals surface area contributed by atoms with Crippen molar-refractivity contribution in [1.82, 2.24) is 24.8 Å². The minimum absolute atomic E-state index is 0.0100. The van der Waals surface area contributed by atoms with Crippen molar-refractivity contribution in [1.29, 1.82) is 0 Å². The molecule has 2 bridgehead atoms. The highest BCUT2D eigenvalue weighted by Crippen LogP contribution is 2.49. The number of benzene rings is 2. The van der Waals surface area contributed by atoms with E-state index in [4.69, 9.17) is 29.2 Å². The zero-order chi connectivity index (χ0) is 46.5. The second-order valence-corrected chi connectivity index (χ2v) is 26.2. The quantitative estimate of drug-likeness (QED) is 0.0741. The Bertz CT molecular complexity index is 2620. The van der Waals surface area contributed by atoms with E-state index in [1.54, 1.807) is 54.8 Å². The standard InChI is InChI=1S/C50H60F4N6O4Si/c1-27(2)65(28(3)4,29(5)6)24-20-33-35(51)17-15-31-13-11-14-34(37(31)33)40-39(52)41-38-45(57-47(56-41)62-26-50-21-12-22-58(50)23-19-30(50)7)59-25-32-16-18-36(60(32)48(61)64-49(8,9)10)42(59)43(44(53)54)63-46(38)55-40/h11,13-15,17,27-29,32,36,42-44H,7,12,16,18-19,21-23,25-26H2,1-6,8-10H3/t32-,36+,42+,43-,50+/m1/s1. The van der Waals surface area contributed by atoms with Crippen LogP contribution in [0.5, 0.6) is 11.9 Å². The first-order valence-corrected chi connectivity index (χ1v) is 25.5. The van der Waals surface area contributed by atoms with E-state index < -0.39 is 67.6 Å². The van der Waals surface area contributed by atoms with Crippen LogP contribution in [0.1, 0.15) is 100.0 Å². The molecule has 0 saturated carbocycles. The molecule has 5 atom stereocenters. The van der Waals surface area contributed by atoms with Gasteiger partial charge in [-0.25, -0.2) is 27.3 Å². The van der Waals surface area contributed by atoms with Crippen molar-refractivity contribution in [3.8, 4) is 34.6 Å². The summed E-state index contributed by atoms with van der Waals surface area (Å²) in [7, 11) is -2.37. The van der Waals surface area contributed by atoms with Gasteiger partial charge in [-0.1, -0.05) is 83.9 Å². The van der Waals surface area contributed by atoms with Crippen LogP contribution in [0.25, 0.3) is 32.9 Å². The minimum Gasteiger partial charge on any atom is -0.465 e. The smallest absolute Gasteiger partial charge is 0.410 e. The number of carbonyl (C=O) groups is 1. The topological polar surface area (TPSA) is 93.2 Å². The number of ether oxygens (including phenoxy) is 3. The molecule has 5 aliphatic rings. The molecule has 10 nitrogen and oxygen atoms in total. The Morgan fingerprint density at radius 2 is 1.74 bits per heavy atom. The monoisotopic (exact) mass is 912 g/mol. The van der Waals surface area contributed by atoms with Crippen molar-refractivity contribution in [3.05, 3.63) is 59.7 Å². The first-order chi connectivity index (χ1) is 30.8. The lowest BCUT2D eigenvalue weighted by Crippen LogP contribution is -2.67. The molecule has 2 aromatic heterocycles. The zero-order valence-electron chi connectivity index (χ0n) is 38.9. The summed E-state index contributed by atoms with van der Waals surface area (Å²) in [6, 6.07) is 5.69. The van der Waals surface area contributed by atoms with Crippen molar-refractivity contribution in [2.75, 3.05) is 31.1 Å². The average Bonchev–Trinajstić information content (AvgIpc) is 3.87. The molecule has 5 aliphatic heterocycles. The highest BCUT2D eigenvalue weighted by Gasteiger charge is 2.57. The molecule has 4 fully saturated rings. The van der Waals surface area contributed by atoms with Crippen molar-refractivity contribution in [2.45, 2.75) is 153 Å². The summed E-state index contributed by atoms with van der Waals surface area (Å²) in [6.07, 6.45) is -1.95. The molecule has 9 rings (SSSR count). The van der Waals surface area contributed by atoms with Crippen molar-refractivity contribution in [2.24, 2.45) is 0 Å². The Hall–Kier alpha value is -4.94. The van der Waals surface area contributed by atoms with Crippen LogP contribution in [0, 0.1) is 23.1 Å². The van der Waals surface area contributed by atoms with E-state index in [9.17, 15) is 4.79 Å². The summed E-state index contributed by atoms with van der Waals surface area (Å²) < 4.78 is 84.6. The number of alkyl halides is 2. The molecule has 0 aliphatic carbocycles. The first-order valence-electron chi connectivity index (χ1n) is 23.2. The van der Waals surface area contributed by atoms with Crippen LogP contribution in [-0.2, 0) is 4.74 Å². The van der Waals surface area contributed by atoms with Crippen LogP contribution >= 0.6 is 0 Å². The van der Waals surface area contributed by atoms with Gasteiger partial charge in [0.15, 0.2) is 11.9 Å². The summed E-state index contributed by atoms with van der Waals surface area (Å²) in [5, 5.41) is 0.943. The summed E-state index contributed by atoms with van der Waals surface area (Å²) in [6.45, 7) is 24.7. The molecular formula is C50H60F4N6O4Si. The number of amides is 1. The molecule has 0 unspecified atom stereocenters. The third kappa shape index (κ3) is 7.32. The second-order valence-electron chi connectivity index (χ2n) is 20.6.